The highest BCUT2D eigenvalue weighted by Gasteiger charge is 2.08. The van der Waals surface area contributed by atoms with Gasteiger partial charge in [0.1, 0.15) is 0 Å². The summed E-state index contributed by atoms with van der Waals surface area (Å²) in [5, 5.41) is 2.09. The second kappa shape index (κ2) is 7.38. The Morgan fingerprint density at radius 1 is 1.32 bits per heavy atom. The summed E-state index contributed by atoms with van der Waals surface area (Å²) in [4.78, 5) is 6.53. The van der Waals surface area contributed by atoms with Gasteiger partial charge in [0.25, 0.3) is 0 Å². The van der Waals surface area contributed by atoms with Crippen molar-refractivity contribution < 1.29 is 0 Å². The fraction of sp³-hybridized carbons (Fsp3) is 0.400. The number of nitrogens with zero attached hydrogens (tertiary/aromatic N) is 2. The number of hydrogen-bond acceptors (Lipinski definition) is 4. The van der Waals surface area contributed by atoms with Gasteiger partial charge in [-0.1, -0.05) is 30.3 Å². The van der Waals surface area contributed by atoms with Gasteiger partial charge in [-0.3, -0.25) is 4.90 Å². The van der Waals surface area contributed by atoms with Crippen LogP contribution in [0.1, 0.15) is 17.7 Å². The van der Waals surface area contributed by atoms with Gasteiger partial charge < -0.3 is 5.73 Å². The van der Waals surface area contributed by atoms with E-state index in [1.54, 1.807) is 11.3 Å². The van der Waals surface area contributed by atoms with Crippen LogP contribution in [0.3, 0.4) is 0 Å². The molecule has 0 saturated carbocycles. The molecular formula is C15H21N3S. The molecule has 0 fully saturated rings. The standard InChI is InChI=1S/C15H21N3S/c1-18(10-15-11-19-12-17-15)9-14(16)8-7-13-5-3-2-4-6-13/h2-6,11-12,14H,7-10,16H2,1H3. The maximum atomic E-state index is 6.19. The van der Waals surface area contributed by atoms with Gasteiger partial charge >= 0.3 is 0 Å². The predicted molar refractivity (Wildman–Crippen MR) is 81.2 cm³/mol. The maximum Gasteiger partial charge on any atom is 0.0795 e. The second-order valence-corrected chi connectivity index (χ2v) is 5.68. The van der Waals surface area contributed by atoms with Crippen molar-refractivity contribution >= 4 is 11.3 Å². The summed E-state index contributed by atoms with van der Waals surface area (Å²) >= 11 is 1.64. The van der Waals surface area contributed by atoms with Crippen molar-refractivity contribution in [2.45, 2.75) is 25.4 Å². The number of nitrogens with two attached hydrogens (primary N) is 1. The lowest BCUT2D eigenvalue weighted by molar-refractivity contribution is 0.295. The Morgan fingerprint density at radius 2 is 2.11 bits per heavy atom. The zero-order chi connectivity index (χ0) is 13.5. The Morgan fingerprint density at radius 3 is 2.79 bits per heavy atom. The molecule has 1 aromatic heterocycles. The molecule has 0 aliphatic heterocycles. The summed E-state index contributed by atoms with van der Waals surface area (Å²) in [6.45, 7) is 1.78. The van der Waals surface area contributed by atoms with Crippen LogP contribution in [0.2, 0.25) is 0 Å². The van der Waals surface area contributed by atoms with Crippen LogP contribution < -0.4 is 5.73 Å². The van der Waals surface area contributed by atoms with E-state index in [1.165, 1.54) is 5.56 Å². The molecule has 0 spiro atoms. The highest BCUT2D eigenvalue weighted by Crippen LogP contribution is 2.07. The summed E-state index contributed by atoms with van der Waals surface area (Å²) in [6.07, 6.45) is 2.07. The SMILES string of the molecule is CN(Cc1cscn1)CC(N)CCc1ccccc1. The quantitative estimate of drug-likeness (QED) is 0.844. The van der Waals surface area contributed by atoms with Crippen LogP contribution in [0.25, 0.3) is 0 Å². The van der Waals surface area contributed by atoms with Crippen molar-refractivity contribution in [3.63, 3.8) is 0 Å². The molecule has 1 aromatic carbocycles. The number of thiazole rings is 1. The van der Waals surface area contributed by atoms with E-state index >= 15 is 0 Å². The molecule has 0 bridgehead atoms. The summed E-state index contributed by atoms with van der Waals surface area (Å²) in [5.74, 6) is 0. The van der Waals surface area contributed by atoms with Crippen molar-refractivity contribution in [2.24, 2.45) is 5.73 Å². The molecule has 0 amide bonds. The fourth-order valence-electron chi connectivity index (χ4n) is 2.15. The lowest BCUT2D eigenvalue weighted by Gasteiger charge is -2.20. The molecule has 3 nitrogen and oxygen atoms in total. The van der Waals surface area contributed by atoms with E-state index < -0.39 is 0 Å². The first kappa shape index (κ1) is 14.2. The van der Waals surface area contributed by atoms with Gasteiger partial charge in [-0.2, -0.15) is 0 Å². The predicted octanol–water partition coefficient (Wildman–Crippen LogP) is 2.54. The maximum absolute atomic E-state index is 6.19. The van der Waals surface area contributed by atoms with Crippen LogP contribution >= 0.6 is 11.3 Å². The third kappa shape index (κ3) is 5.11. The Hall–Kier alpha value is -1.23. The van der Waals surface area contributed by atoms with Crippen molar-refractivity contribution in [1.82, 2.24) is 9.88 Å². The fourth-order valence-corrected chi connectivity index (χ4v) is 2.69. The molecule has 0 aliphatic carbocycles. The largest absolute Gasteiger partial charge is 0.327 e. The minimum atomic E-state index is 0.212. The zero-order valence-corrected chi connectivity index (χ0v) is 12.1. The van der Waals surface area contributed by atoms with Gasteiger partial charge in [-0.05, 0) is 25.5 Å². The second-order valence-electron chi connectivity index (χ2n) is 4.96. The van der Waals surface area contributed by atoms with E-state index in [9.17, 15) is 0 Å². The van der Waals surface area contributed by atoms with Gasteiger partial charge in [0.2, 0.25) is 0 Å². The Labute approximate surface area is 119 Å². The lowest BCUT2D eigenvalue weighted by Crippen LogP contribution is -2.35. The van der Waals surface area contributed by atoms with Crippen LogP contribution in [0, 0.1) is 0 Å². The molecule has 2 aromatic rings. The van der Waals surface area contributed by atoms with Crippen LogP contribution in [-0.4, -0.2) is 29.5 Å². The normalized spacial score (nSPS) is 12.8. The molecule has 102 valence electrons. The molecule has 19 heavy (non-hydrogen) atoms. The van der Waals surface area contributed by atoms with Gasteiger partial charge in [-0.25, -0.2) is 4.98 Å². The molecule has 1 unspecified atom stereocenters. The average molecular weight is 275 g/mol. The third-order valence-corrected chi connectivity index (χ3v) is 3.74. The Bertz CT molecular complexity index is 456. The van der Waals surface area contributed by atoms with Crippen molar-refractivity contribution in [2.75, 3.05) is 13.6 Å². The van der Waals surface area contributed by atoms with Crippen molar-refractivity contribution in [1.29, 1.82) is 0 Å². The van der Waals surface area contributed by atoms with E-state index in [0.29, 0.717) is 0 Å². The summed E-state index contributed by atoms with van der Waals surface area (Å²) in [5.41, 5.74) is 10.6. The van der Waals surface area contributed by atoms with Gasteiger partial charge in [-0.15, -0.1) is 11.3 Å². The minimum absolute atomic E-state index is 0.212. The Kier molecular flexibility index (Phi) is 5.51. The smallest absolute Gasteiger partial charge is 0.0795 e. The number of aryl methyl sites for hydroxylation is 1. The lowest BCUT2D eigenvalue weighted by atomic mass is 10.1. The number of aromatic nitrogens is 1. The highest BCUT2D eigenvalue weighted by molar-refractivity contribution is 7.07. The molecule has 0 aliphatic rings. The molecular weight excluding hydrogens is 254 g/mol. The van der Waals surface area contributed by atoms with Crippen LogP contribution in [0.5, 0.6) is 0 Å². The molecule has 4 heteroatoms. The molecule has 0 radical (unpaired) electrons. The van der Waals surface area contributed by atoms with E-state index in [-0.39, 0.29) is 6.04 Å². The number of benzene rings is 1. The Balaban J connectivity index is 1.70. The van der Waals surface area contributed by atoms with Crippen LogP contribution in [0.4, 0.5) is 0 Å². The van der Waals surface area contributed by atoms with E-state index in [2.05, 4.69) is 46.6 Å². The monoisotopic (exact) mass is 275 g/mol. The number of rotatable bonds is 7. The first-order valence-electron chi connectivity index (χ1n) is 6.59. The van der Waals surface area contributed by atoms with Crippen LogP contribution in [-0.2, 0) is 13.0 Å². The van der Waals surface area contributed by atoms with E-state index in [0.717, 1.165) is 31.6 Å². The molecule has 2 N–H and O–H groups in total. The molecule has 2 rings (SSSR count). The van der Waals surface area contributed by atoms with Gasteiger partial charge in [0, 0.05) is 24.5 Å². The molecule has 0 saturated heterocycles. The highest BCUT2D eigenvalue weighted by atomic mass is 32.1. The van der Waals surface area contributed by atoms with Gasteiger partial charge in [0.05, 0.1) is 11.2 Å². The zero-order valence-electron chi connectivity index (χ0n) is 11.3. The van der Waals surface area contributed by atoms with Crippen LogP contribution in [0.15, 0.2) is 41.2 Å². The topological polar surface area (TPSA) is 42.2 Å². The summed E-state index contributed by atoms with van der Waals surface area (Å²) < 4.78 is 0. The third-order valence-electron chi connectivity index (χ3n) is 3.11. The van der Waals surface area contributed by atoms with Crippen molar-refractivity contribution in [3.8, 4) is 0 Å². The minimum Gasteiger partial charge on any atom is -0.327 e. The van der Waals surface area contributed by atoms with E-state index in [4.69, 9.17) is 5.73 Å². The number of hydrogen-bond donors (Lipinski definition) is 1. The molecule has 1 atom stereocenters. The summed E-state index contributed by atoms with van der Waals surface area (Å²) in [6, 6.07) is 10.7. The first-order valence-corrected chi connectivity index (χ1v) is 7.53. The summed E-state index contributed by atoms with van der Waals surface area (Å²) in [7, 11) is 2.10. The first-order chi connectivity index (χ1) is 9.24. The van der Waals surface area contributed by atoms with E-state index in [1.807, 2.05) is 11.6 Å². The van der Waals surface area contributed by atoms with Crippen molar-refractivity contribution in [3.05, 3.63) is 52.5 Å². The molecule has 1 heterocycles. The average Bonchev–Trinajstić information content (AvgIpc) is 2.90. The number of likely N-dealkylation sites (N-methyl/N-ethyl adjacent to an activating group) is 1. The van der Waals surface area contributed by atoms with Gasteiger partial charge in [0.15, 0.2) is 0 Å².